The summed E-state index contributed by atoms with van der Waals surface area (Å²) >= 11 is 5.94. The number of carbonyl (C=O) groups excluding carboxylic acids is 1. The summed E-state index contributed by atoms with van der Waals surface area (Å²) in [6.45, 7) is 3.29. The van der Waals surface area contributed by atoms with Gasteiger partial charge in [-0.05, 0) is 44.4 Å². The van der Waals surface area contributed by atoms with E-state index < -0.39 is 0 Å². The lowest BCUT2D eigenvalue weighted by Gasteiger charge is -2.37. The van der Waals surface area contributed by atoms with E-state index in [1.54, 1.807) is 33.7 Å². The zero-order valence-electron chi connectivity index (χ0n) is 18.8. The molecule has 3 aromatic rings. The van der Waals surface area contributed by atoms with Crippen LogP contribution in [0.3, 0.4) is 0 Å². The summed E-state index contributed by atoms with van der Waals surface area (Å²) in [7, 11) is 3.91. The summed E-state index contributed by atoms with van der Waals surface area (Å²) < 4.78 is 1.69. The van der Waals surface area contributed by atoms with Crippen molar-refractivity contribution >= 4 is 34.1 Å². The molecule has 0 bridgehead atoms. The van der Waals surface area contributed by atoms with Gasteiger partial charge in [0.25, 0.3) is 11.5 Å². The molecule has 2 heterocycles. The molecule has 0 radical (unpaired) electrons. The lowest BCUT2D eigenvalue weighted by molar-refractivity contribution is 0.0747. The van der Waals surface area contributed by atoms with Gasteiger partial charge in [0.05, 0.1) is 11.2 Å². The number of piperazine rings is 1. The lowest BCUT2D eigenvalue weighted by atomic mass is 10.1. The van der Waals surface area contributed by atoms with E-state index in [4.69, 9.17) is 11.6 Å². The van der Waals surface area contributed by atoms with Crippen molar-refractivity contribution in [3.63, 3.8) is 0 Å². The van der Waals surface area contributed by atoms with E-state index in [1.165, 1.54) is 0 Å². The number of benzene rings is 2. The predicted molar refractivity (Wildman–Crippen MR) is 131 cm³/mol. The SMILES string of the molecule is CN(C)CCn1c(=O)c(C#N)c(N2CCN(C(=O)c3ccc(Cl)cc3)CC2)c2ccccc21. The number of nitrogens with zero attached hydrogens (tertiary/aromatic N) is 5. The first-order chi connectivity index (χ1) is 15.9. The molecule has 4 rings (SSSR count). The molecular formula is C25H26ClN5O2. The van der Waals surface area contributed by atoms with E-state index in [0.717, 1.165) is 10.9 Å². The normalized spacial score (nSPS) is 14.0. The first-order valence-corrected chi connectivity index (χ1v) is 11.3. The van der Waals surface area contributed by atoms with Gasteiger partial charge in [0.15, 0.2) is 0 Å². The molecule has 170 valence electrons. The number of halogens is 1. The molecule has 0 aliphatic carbocycles. The highest BCUT2D eigenvalue weighted by Crippen LogP contribution is 2.30. The number of hydrogen-bond donors (Lipinski definition) is 0. The van der Waals surface area contributed by atoms with Gasteiger partial charge in [0.1, 0.15) is 11.6 Å². The van der Waals surface area contributed by atoms with Crippen molar-refractivity contribution in [1.29, 1.82) is 5.26 Å². The number of carbonyl (C=O) groups is 1. The Balaban J connectivity index is 1.65. The quantitative estimate of drug-likeness (QED) is 0.581. The minimum atomic E-state index is -0.271. The van der Waals surface area contributed by atoms with Crippen LogP contribution in [0.5, 0.6) is 0 Å². The monoisotopic (exact) mass is 463 g/mol. The van der Waals surface area contributed by atoms with Gasteiger partial charge in [0.2, 0.25) is 0 Å². The van der Waals surface area contributed by atoms with E-state index in [2.05, 4.69) is 11.0 Å². The average Bonchev–Trinajstić information content (AvgIpc) is 2.83. The third-order valence-electron chi connectivity index (χ3n) is 6.00. The van der Waals surface area contributed by atoms with Crippen LogP contribution in [-0.4, -0.2) is 67.1 Å². The standard InChI is InChI=1S/C25H26ClN5O2/c1-28(2)11-16-31-22-6-4-3-5-20(22)23(21(17-27)25(31)33)29-12-14-30(15-13-29)24(32)18-7-9-19(26)10-8-18/h3-10H,11-16H2,1-2H3. The fourth-order valence-corrected chi connectivity index (χ4v) is 4.37. The second-order valence-electron chi connectivity index (χ2n) is 8.40. The van der Waals surface area contributed by atoms with E-state index in [-0.39, 0.29) is 17.0 Å². The smallest absolute Gasteiger partial charge is 0.271 e. The molecular weight excluding hydrogens is 438 g/mol. The summed E-state index contributed by atoms with van der Waals surface area (Å²) in [6.07, 6.45) is 0. The minimum absolute atomic E-state index is 0.0456. The molecule has 7 nitrogen and oxygen atoms in total. The maximum absolute atomic E-state index is 13.3. The highest BCUT2D eigenvalue weighted by Gasteiger charge is 2.27. The van der Waals surface area contributed by atoms with Crippen LogP contribution in [0.1, 0.15) is 15.9 Å². The lowest BCUT2D eigenvalue weighted by Crippen LogP contribution is -2.49. The molecule has 0 unspecified atom stereocenters. The zero-order valence-corrected chi connectivity index (χ0v) is 19.5. The number of likely N-dealkylation sites (N-methyl/N-ethyl adjacent to an activating group) is 1. The fourth-order valence-electron chi connectivity index (χ4n) is 4.25. The summed E-state index contributed by atoms with van der Waals surface area (Å²) in [4.78, 5) is 32.0. The number of hydrogen-bond acceptors (Lipinski definition) is 5. The molecule has 1 aromatic heterocycles. The Bertz CT molecular complexity index is 1270. The highest BCUT2D eigenvalue weighted by molar-refractivity contribution is 6.30. The molecule has 0 spiro atoms. The van der Waals surface area contributed by atoms with Crippen molar-refractivity contribution in [3.8, 4) is 6.07 Å². The van der Waals surface area contributed by atoms with Gasteiger partial charge in [-0.2, -0.15) is 5.26 Å². The molecule has 1 aliphatic heterocycles. The number of nitriles is 1. The average molecular weight is 464 g/mol. The second-order valence-corrected chi connectivity index (χ2v) is 8.84. The van der Waals surface area contributed by atoms with Crippen LogP contribution in [0, 0.1) is 11.3 Å². The number of anilines is 1. The Morgan fingerprint density at radius 3 is 2.36 bits per heavy atom. The van der Waals surface area contributed by atoms with Crippen molar-refractivity contribution in [2.75, 3.05) is 51.7 Å². The topological polar surface area (TPSA) is 72.6 Å². The maximum Gasteiger partial charge on any atom is 0.271 e. The number of amides is 1. The molecule has 2 aromatic carbocycles. The Kier molecular flexibility index (Phi) is 6.68. The third kappa shape index (κ3) is 4.58. The number of para-hydroxylation sites is 1. The second kappa shape index (κ2) is 9.65. The Morgan fingerprint density at radius 1 is 1.06 bits per heavy atom. The van der Waals surface area contributed by atoms with E-state index in [1.807, 2.05) is 43.3 Å². The minimum Gasteiger partial charge on any atom is -0.366 e. The van der Waals surface area contributed by atoms with Crippen LogP contribution < -0.4 is 10.5 Å². The summed E-state index contributed by atoms with van der Waals surface area (Å²) in [5, 5.41) is 11.4. The largest absolute Gasteiger partial charge is 0.366 e. The van der Waals surface area contributed by atoms with Crippen molar-refractivity contribution < 1.29 is 4.79 Å². The van der Waals surface area contributed by atoms with Gasteiger partial charge < -0.3 is 19.3 Å². The highest BCUT2D eigenvalue weighted by atomic mass is 35.5. The van der Waals surface area contributed by atoms with Crippen LogP contribution in [-0.2, 0) is 6.54 Å². The number of pyridine rings is 1. The number of fused-ring (bicyclic) bond motifs is 1. The third-order valence-corrected chi connectivity index (χ3v) is 6.25. The predicted octanol–water partition coefficient (Wildman–Crippen LogP) is 3.05. The molecule has 1 saturated heterocycles. The molecule has 1 aliphatic rings. The van der Waals surface area contributed by atoms with Gasteiger partial charge in [-0.15, -0.1) is 0 Å². The molecule has 0 atom stereocenters. The van der Waals surface area contributed by atoms with Crippen molar-refractivity contribution in [2.24, 2.45) is 0 Å². The van der Waals surface area contributed by atoms with E-state index in [9.17, 15) is 14.9 Å². The molecule has 1 fully saturated rings. The zero-order chi connectivity index (χ0) is 23.5. The van der Waals surface area contributed by atoms with E-state index >= 15 is 0 Å². The molecule has 0 N–H and O–H groups in total. The van der Waals surface area contributed by atoms with Crippen molar-refractivity contribution in [1.82, 2.24) is 14.4 Å². The first-order valence-electron chi connectivity index (χ1n) is 10.9. The fraction of sp³-hybridized carbons (Fsp3) is 0.320. The van der Waals surface area contributed by atoms with Crippen molar-refractivity contribution in [3.05, 3.63) is 75.0 Å². The Hall–Kier alpha value is -3.34. The summed E-state index contributed by atoms with van der Waals surface area (Å²) in [6, 6.07) is 16.8. The van der Waals surface area contributed by atoms with Crippen LogP contribution in [0.25, 0.3) is 10.9 Å². The summed E-state index contributed by atoms with van der Waals surface area (Å²) in [5.41, 5.74) is 1.97. The van der Waals surface area contributed by atoms with Crippen LogP contribution in [0.2, 0.25) is 5.02 Å². The van der Waals surface area contributed by atoms with Gasteiger partial charge in [-0.1, -0.05) is 29.8 Å². The molecule has 0 saturated carbocycles. The van der Waals surface area contributed by atoms with E-state index in [0.29, 0.717) is 55.5 Å². The Morgan fingerprint density at radius 2 is 1.73 bits per heavy atom. The Labute approximate surface area is 198 Å². The van der Waals surface area contributed by atoms with Crippen LogP contribution in [0.4, 0.5) is 5.69 Å². The first kappa shape index (κ1) is 22.8. The number of rotatable bonds is 5. The van der Waals surface area contributed by atoms with Gasteiger partial charge in [-0.3, -0.25) is 9.59 Å². The van der Waals surface area contributed by atoms with Gasteiger partial charge in [0, 0.05) is 55.2 Å². The molecule has 1 amide bonds. The van der Waals surface area contributed by atoms with Gasteiger partial charge >= 0.3 is 0 Å². The van der Waals surface area contributed by atoms with Gasteiger partial charge in [-0.25, -0.2) is 0 Å². The molecule has 33 heavy (non-hydrogen) atoms. The number of aromatic nitrogens is 1. The van der Waals surface area contributed by atoms with Crippen LogP contribution in [0.15, 0.2) is 53.3 Å². The molecule has 8 heteroatoms. The maximum atomic E-state index is 13.3. The summed E-state index contributed by atoms with van der Waals surface area (Å²) in [5.74, 6) is -0.0456. The van der Waals surface area contributed by atoms with Crippen LogP contribution >= 0.6 is 11.6 Å². The van der Waals surface area contributed by atoms with Crippen molar-refractivity contribution in [2.45, 2.75) is 6.54 Å².